The number of rotatable bonds is 4. The van der Waals surface area contributed by atoms with Gasteiger partial charge in [-0.25, -0.2) is 4.98 Å². The summed E-state index contributed by atoms with van der Waals surface area (Å²) < 4.78 is 5.37. The molecule has 0 bridgehead atoms. The molecule has 0 spiro atoms. The Morgan fingerprint density at radius 2 is 1.69 bits per heavy atom. The van der Waals surface area contributed by atoms with E-state index >= 15 is 0 Å². The molecule has 0 unspecified atom stereocenters. The molecule has 2 aromatic heterocycles. The molecule has 4 aromatic rings. The van der Waals surface area contributed by atoms with Crippen molar-refractivity contribution in [2.75, 3.05) is 45.5 Å². The van der Waals surface area contributed by atoms with Gasteiger partial charge in [-0.1, -0.05) is 12.1 Å². The average Bonchev–Trinajstić information content (AvgIpc) is 3.12. The fourth-order valence-corrected chi connectivity index (χ4v) is 3.82. The number of nitrogens with zero attached hydrogens (tertiary/aromatic N) is 5. The van der Waals surface area contributed by atoms with Crippen LogP contribution in [0.4, 0.5) is 6.01 Å². The van der Waals surface area contributed by atoms with Crippen molar-refractivity contribution in [3.05, 3.63) is 48.3 Å². The minimum Gasteiger partial charge on any atom is -0.424 e. The van der Waals surface area contributed by atoms with Crippen LogP contribution in [0.3, 0.4) is 0 Å². The van der Waals surface area contributed by atoms with Gasteiger partial charge in [0, 0.05) is 45.3 Å². The van der Waals surface area contributed by atoms with E-state index in [9.17, 15) is 0 Å². The molecule has 29 heavy (non-hydrogen) atoms. The zero-order chi connectivity index (χ0) is 19.8. The molecule has 3 heterocycles. The lowest BCUT2D eigenvalue weighted by molar-refractivity contribution is 0.155. The molecule has 0 atom stereocenters. The van der Waals surface area contributed by atoms with Gasteiger partial charge in [0.25, 0.3) is 6.01 Å². The Bertz CT molecular complexity index is 1160. The maximum atomic E-state index is 5.66. The molecule has 2 N–H and O–H groups in total. The predicted octanol–water partition coefficient (Wildman–Crippen LogP) is 2.81. The first kappa shape index (κ1) is 18.0. The van der Waals surface area contributed by atoms with Gasteiger partial charge in [-0.15, -0.1) is 0 Å². The van der Waals surface area contributed by atoms with Crippen LogP contribution < -0.4 is 5.73 Å². The third kappa shape index (κ3) is 3.79. The lowest BCUT2D eigenvalue weighted by atomic mass is 10.0. The van der Waals surface area contributed by atoms with Crippen LogP contribution in [-0.4, -0.2) is 64.5 Å². The molecule has 0 amide bonds. The standard InChI is InChI=1S/C22H24N6O/c1-27-8-10-28(11-9-27)7-6-17-14-24-18-4-2-15(12-19(18)25-17)16-3-5-21-20(13-16)26-22(23)29-21/h2-5,12-14H,6-11H2,1H3,(H2,23,26). The third-order valence-corrected chi connectivity index (χ3v) is 5.61. The summed E-state index contributed by atoms with van der Waals surface area (Å²) in [6, 6.07) is 12.3. The first-order valence-corrected chi connectivity index (χ1v) is 9.97. The molecular weight excluding hydrogens is 364 g/mol. The van der Waals surface area contributed by atoms with Gasteiger partial charge in [0.2, 0.25) is 0 Å². The van der Waals surface area contributed by atoms with E-state index in [2.05, 4.69) is 38.9 Å². The summed E-state index contributed by atoms with van der Waals surface area (Å²) in [6.45, 7) is 5.54. The van der Waals surface area contributed by atoms with Gasteiger partial charge in [0.15, 0.2) is 5.58 Å². The van der Waals surface area contributed by atoms with Gasteiger partial charge >= 0.3 is 0 Å². The summed E-state index contributed by atoms with van der Waals surface area (Å²) in [6.07, 6.45) is 2.82. The number of piperazine rings is 1. The third-order valence-electron chi connectivity index (χ3n) is 5.61. The van der Waals surface area contributed by atoms with E-state index in [1.807, 2.05) is 30.5 Å². The largest absolute Gasteiger partial charge is 0.424 e. The van der Waals surface area contributed by atoms with Crippen molar-refractivity contribution >= 4 is 28.1 Å². The highest BCUT2D eigenvalue weighted by atomic mass is 16.4. The number of fused-ring (bicyclic) bond motifs is 2. The van der Waals surface area contributed by atoms with Gasteiger partial charge in [0.1, 0.15) is 5.52 Å². The Labute approximate surface area is 169 Å². The zero-order valence-electron chi connectivity index (χ0n) is 16.5. The van der Waals surface area contributed by atoms with Crippen molar-refractivity contribution in [2.24, 2.45) is 0 Å². The monoisotopic (exact) mass is 388 g/mol. The lowest BCUT2D eigenvalue weighted by Gasteiger charge is -2.32. The number of likely N-dealkylation sites (N-methyl/N-ethyl adjacent to an activating group) is 1. The van der Waals surface area contributed by atoms with Crippen LogP contribution >= 0.6 is 0 Å². The second kappa shape index (κ2) is 7.42. The fraction of sp³-hybridized carbons (Fsp3) is 0.318. The van der Waals surface area contributed by atoms with E-state index in [-0.39, 0.29) is 6.01 Å². The van der Waals surface area contributed by atoms with Crippen LogP contribution in [0.1, 0.15) is 5.69 Å². The van der Waals surface area contributed by atoms with Crippen LogP contribution in [0.25, 0.3) is 33.3 Å². The number of benzene rings is 2. The van der Waals surface area contributed by atoms with Crippen molar-refractivity contribution in [3.8, 4) is 11.1 Å². The summed E-state index contributed by atoms with van der Waals surface area (Å²) in [7, 11) is 2.18. The minimum atomic E-state index is 0.187. The maximum Gasteiger partial charge on any atom is 0.292 e. The van der Waals surface area contributed by atoms with Gasteiger partial charge in [0.05, 0.1) is 16.7 Å². The van der Waals surface area contributed by atoms with Crippen LogP contribution in [0, 0.1) is 0 Å². The molecular formula is C22H24N6O. The number of anilines is 1. The molecule has 2 aromatic carbocycles. The molecule has 0 radical (unpaired) electrons. The van der Waals surface area contributed by atoms with Crippen molar-refractivity contribution < 1.29 is 4.42 Å². The Kier molecular flexibility index (Phi) is 4.61. The molecule has 7 heteroatoms. The van der Waals surface area contributed by atoms with Crippen molar-refractivity contribution in [3.63, 3.8) is 0 Å². The normalized spacial score (nSPS) is 16.0. The van der Waals surface area contributed by atoms with E-state index in [0.717, 1.165) is 72.5 Å². The van der Waals surface area contributed by atoms with Gasteiger partial charge in [-0.2, -0.15) is 4.98 Å². The van der Waals surface area contributed by atoms with Gasteiger partial charge < -0.3 is 20.0 Å². The summed E-state index contributed by atoms with van der Waals surface area (Å²) in [4.78, 5) is 18.6. The number of oxazole rings is 1. The van der Waals surface area contributed by atoms with Crippen LogP contribution in [-0.2, 0) is 6.42 Å². The maximum absolute atomic E-state index is 5.66. The van der Waals surface area contributed by atoms with Crippen LogP contribution in [0.5, 0.6) is 0 Å². The molecule has 0 aliphatic carbocycles. The Hall–Kier alpha value is -3.03. The molecule has 148 valence electrons. The summed E-state index contributed by atoms with van der Waals surface area (Å²) >= 11 is 0. The molecule has 1 aliphatic rings. The zero-order valence-corrected chi connectivity index (χ0v) is 16.5. The highest BCUT2D eigenvalue weighted by Gasteiger charge is 2.14. The average molecular weight is 388 g/mol. The van der Waals surface area contributed by atoms with E-state index in [0.29, 0.717) is 5.58 Å². The molecule has 5 rings (SSSR count). The summed E-state index contributed by atoms with van der Waals surface area (Å²) in [5.74, 6) is 0. The molecule has 1 fully saturated rings. The first-order valence-electron chi connectivity index (χ1n) is 9.97. The topological polar surface area (TPSA) is 84.3 Å². The van der Waals surface area contributed by atoms with Crippen molar-refractivity contribution in [2.45, 2.75) is 6.42 Å². The smallest absolute Gasteiger partial charge is 0.292 e. The molecule has 1 saturated heterocycles. The number of hydrogen-bond acceptors (Lipinski definition) is 7. The lowest BCUT2D eigenvalue weighted by Crippen LogP contribution is -2.45. The Morgan fingerprint density at radius 1 is 0.931 bits per heavy atom. The summed E-state index contributed by atoms with van der Waals surface area (Å²) in [5, 5.41) is 0. The number of nitrogens with two attached hydrogens (primary N) is 1. The molecule has 1 aliphatic heterocycles. The highest BCUT2D eigenvalue weighted by Crippen LogP contribution is 2.27. The van der Waals surface area contributed by atoms with Crippen molar-refractivity contribution in [1.29, 1.82) is 0 Å². The number of nitrogen functional groups attached to an aromatic ring is 1. The van der Waals surface area contributed by atoms with E-state index in [1.54, 1.807) is 0 Å². The SMILES string of the molecule is CN1CCN(CCc2cnc3ccc(-c4ccc5oc(N)nc5c4)cc3n2)CC1. The quantitative estimate of drug-likeness (QED) is 0.575. The Balaban J connectivity index is 1.38. The first-order chi connectivity index (χ1) is 14.1. The van der Waals surface area contributed by atoms with Gasteiger partial charge in [-0.3, -0.25) is 4.98 Å². The van der Waals surface area contributed by atoms with Gasteiger partial charge in [-0.05, 0) is 42.4 Å². The number of hydrogen-bond donors (Lipinski definition) is 1. The molecule has 0 saturated carbocycles. The number of aromatic nitrogens is 3. The van der Waals surface area contributed by atoms with Crippen LogP contribution in [0.15, 0.2) is 47.0 Å². The van der Waals surface area contributed by atoms with Crippen LogP contribution in [0.2, 0.25) is 0 Å². The van der Waals surface area contributed by atoms with E-state index in [4.69, 9.17) is 15.1 Å². The van der Waals surface area contributed by atoms with Crippen molar-refractivity contribution in [1.82, 2.24) is 24.8 Å². The Morgan fingerprint density at radius 3 is 2.52 bits per heavy atom. The second-order valence-electron chi connectivity index (χ2n) is 7.69. The van der Waals surface area contributed by atoms with E-state index < -0.39 is 0 Å². The fourth-order valence-electron chi connectivity index (χ4n) is 3.82. The predicted molar refractivity (Wildman–Crippen MR) is 115 cm³/mol. The minimum absolute atomic E-state index is 0.187. The summed E-state index contributed by atoms with van der Waals surface area (Å²) in [5.41, 5.74) is 12.1. The van der Waals surface area contributed by atoms with E-state index in [1.165, 1.54) is 0 Å². The second-order valence-corrected chi connectivity index (χ2v) is 7.69. The highest BCUT2D eigenvalue weighted by molar-refractivity contribution is 5.85. The molecule has 7 nitrogen and oxygen atoms in total.